The Morgan fingerprint density at radius 2 is 1.11 bits per heavy atom. The normalized spacial score (nSPS) is 20.8. The summed E-state index contributed by atoms with van der Waals surface area (Å²) in [4.78, 5) is 214. The minimum Gasteiger partial charge on any atom is -0.481 e. The zero-order chi connectivity index (χ0) is 78.1. The number of hydrogen-bond donors (Lipinski definition) is 19. The van der Waals surface area contributed by atoms with E-state index in [1.54, 1.807) is 27.7 Å². The van der Waals surface area contributed by atoms with E-state index in [-0.39, 0.29) is 100.0 Å². The molecule has 1 unspecified atom stereocenters. The number of carboxylic acid groups (broad SMARTS) is 2. The highest BCUT2D eigenvalue weighted by Crippen LogP contribution is 2.20. The fraction of sp³-hybridized carbons (Fsp3) is 0.524. The smallest absolute Gasteiger partial charge is 0.305 e. The largest absolute Gasteiger partial charge is 0.481 e. The number of aromatic nitrogens is 1. The van der Waals surface area contributed by atoms with Gasteiger partial charge >= 0.3 is 11.9 Å². The van der Waals surface area contributed by atoms with Crippen LogP contribution in [0.15, 0.2) is 79.5 Å². The Balaban J connectivity index is 1.62. The van der Waals surface area contributed by atoms with Crippen molar-refractivity contribution in [3.8, 4) is 0 Å². The van der Waals surface area contributed by atoms with Crippen LogP contribution in [0.3, 0.4) is 0 Å². The SMILES string of the molecule is CC(C)[C@@H]1NC(=O)[C@@H](CCCN=C(N)N)NC(=O)CNC(=O)[C@@H](CC(=O)O)NC(=O)C(CCNC(=O)C(=CCC(=O)NCCCC[C@H]2NC(=O)[C@H](C(C)C)NC(=O)[C@@H](CCCN=C(N)N)NC(=O)CNC(=O)[C@@H](CC(=O)O)NC2=O)NC(=O)c2ccc(N=NCc3ccccc3S(=O)(=O)O)nc2)CC1=O. The number of carbonyl (C=O) groups excluding carboxylic acids is 13. The molecule has 42 heteroatoms. The highest BCUT2D eigenvalue weighted by molar-refractivity contribution is 7.85. The van der Waals surface area contributed by atoms with Gasteiger partial charge in [-0.25, -0.2) is 4.98 Å². The molecule has 0 spiro atoms. The van der Waals surface area contributed by atoms with Crippen molar-refractivity contribution < 1.29 is 95.1 Å². The summed E-state index contributed by atoms with van der Waals surface area (Å²) in [7, 11) is -4.61. The number of nitrogens with two attached hydrogens (primary N) is 4. The first kappa shape index (κ1) is 85.8. The Labute approximate surface area is 602 Å². The molecule has 2 aliphatic heterocycles. The van der Waals surface area contributed by atoms with Crippen molar-refractivity contribution in [2.24, 2.45) is 60.9 Å². The standard InChI is InChI=1S/C63H91N21O20S/c1-32(2)51-43(85)25-34(53(93)80-41(26-49(89)90)56(96)73-30-47(87)76-37(59(99)82-51)13-9-22-70-62(64)65)20-24-69-55(95)40(78-54(94)36-16-18-45(72-28-36)84-75-29-35-11-5-6-15-44(35)105(102,103)104)17-19-46(86)68-21-8-7-12-39-58(98)81-42(27-50(91)92)57(97)74-31-48(88)77-38(14-10-23-71-63(66)67)60(100)83-52(33(3)4)61(101)79-39/h5-6,11,15-18,28,32-34,37-39,41-42,51-52H,7-10,12-14,19-27,29-31H2,1-4H3,(H,68,86)(H,69,95)(H,73,96)(H,74,97)(H,76,87)(H,77,88)(H,78,94)(H,79,101)(H,80,93)(H,81,98)(H,82,99)(H,83,100)(H,89,90)(H,91,92)(H4,64,65,70)(H4,66,67,71)(H,102,103,104)/t34?,37-,38-,39-,41-,42-,51+,52+/m1/s1. The predicted molar refractivity (Wildman–Crippen MR) is 370 cm³/mol. The van der Waals surface area contributed by atoms with E-state index in [0.717, 1.165) is 18.3 Å². The molecule has 0 bridgehead atoms. The Kier molecular flexibility index (Phi) is 34.9. The lowest BCUT2D eigenvalue weighted by molar-refractivity contribution is -0.141. The molecule has 41 nitrogen and oxygen atoms in total. The lowest BCUT2D eigenvalue weighted by Gasteiger charge is -2.27. The van der Waals surface area contributed by atoms with Crippen molar-refractivity contribution >= 4 is 116 Å². The first-order valence-corrected chi connectivity index (χ1v) is 34.7. The van der Waals surface area contributed by atoms with Gasteiger partial charge in [0.2, 0.25) is 59.1 Å². The van der Waals surface area contributed by atoms with Crippen LogP contribution in [-0.2, 0) is 83.8 Å². The predicted octanol–water partition coefficient (Wildman–Crippen LogP) is -4.99. The zero-order valence-corrected chi connectivity index (χ0v) is 58.9. The molecule has 1 aromatic heterocycles. The number of guanidine groups is 2. The van der Waals surface area contributed by atoms with Gasteiger partial charge in [0, 0.05) is 51.1 Å². The zero-order valence-electron chi connectivity index (χ0n) is 58.1. The van der Waals surface area contributed by atoms with Gasteiger partial charge in [0.15, 0.2) is 23.5 Å². The maximum absolute atomic E-state index is 14.2. The fourth-order valence-corrected chi connectivity index (χ4v) is 11.0. The molecule has 0 saturated carbocycles. The second-order valence-corrected chi connectivity index (χ2v) is 26.2. The molecule has 2 saturated heterocycles. The van der Waals surface area contributed by atoms with E-state index in [9.17, 15) is 95.1 Å². The maximum atomic E-state index is 14.2. The van der Waals surface area contributed by atoms with E-state index in [4.69, 9.17) is 22.9 Å². The number of aliphatic carboxylic acids is 2. The number of azo groups is 1. The van der Waals surface area contributed by atoms with Crippen LogP contribution in [-0.4, -0.2) is 210 Å². The quantitative estimate of drug-likeness (QED) is 0.00839. The number of Topliss-reactive ketones (excluding diaryl/α,β-unsaturated/α-hetero) is 1. The lowest BCUT2D eigenvalue weighted by Crippen LogP contribution is -2.59. The molecule has 4 rings (SSSR count). The molecule has 3 heterocycles. The summed E-state index contributed by atoms with van der Waals surface area (Å²) >= 11 is 0. The topological polar surface area (TPSA) is 662 Å². The Morgan fingerprint density at radius 3 is 1.64 bits per heavy atom. The Hall–Kier alpha value is -11.6. The van der Waals surface area contributed by atoms with Gasteiger partial charge in [-0.05, 0) is 93.0 Å². The average molecular weight is 1490 g/mol. The first-order chi connectivity index (χ1) is 49.5. The fourth-order valence-electron chi connectivity index (χ4n) is 10.3. The first-order valence-electron chi connectivity index (χ1n) is 33.2. The summed E-state index contributed by atoms with van der Waals surface area (Å²) in [5, 5.41) is 56.6. The van der Waals surface area contributed by atoms with Crippen LogP contribution in [0.5, 0.6) is 0 Å². The molecule has 23 N–H and O–H groups in total. The van der Waals surface area contributed by atoms with E-state index < -0.39 is 221 Å². The molecule has 2 aliphatic rings. The van der Waals surface area contributed by atoms with Gasteiger partial charge in [0.1, 0.15) is 41.9 Å². The van der Waals surface area contributed by atoms with Crippen LogP contribution in [0.4, 0.5) is 5.82 Å². The van der Waals surface area contributed by atoms with Crippen LogP contribution in [0.2, 0.25) is 0 Å². The minimum atomic E-state index is -4.61. The molecule has 105 heavy (non-hydrogen) atoms. The van der Waals surface area contributed by atoms with Gasteiger partial charge in [0.25, 0.3) is 21.9 Å². The molecule has 0 radical (unpaired) electrons. The molecule has 12 amide bonds. The second kappa shape index (κ2) is 42.7. The van der Waals surface area contributed by atoms with E-state index in [2.05, 4.69) is 89.0 Å². The molecule has 8 atom stereocenters. The number of amides is 12. The number of rotatable bonds is 31. The molecule has 0 aliphatic carbocycles. The minimum absolute atomic E-state index is 0.0334. The van der Waals surface area contributed by atoms with Crippen molar-refractivity contribution in [3.05, 3.63) is 65.5 Å². The second-order valence-electron chi connectivity index (χ2n) is 24.8. The molecule has 574 valence electrons. The lowest BCUT2D eigenvalue weighted by atomic mass is 9.89. The van der Waals surface area contributed by atoms with Crippen LogP contribution in [0, 0.1) is 17.8 Å². The van der Waals surface area contributed by atoms with E-state index in [1.807, 2.05) is 0 Å². The maximum Gasteiger partial charge on any atom is 0.305 e. The molecular weight excluding hydrogens is 1400 g/mol. The number of hydrogen-bond acceptors (Lipinski definition) is 22. The number of carboxylic acids is 2. The third kappa shape index (κ3) is 30.9. The molecule has 2 fully saturated rings. The molecule has 2 aromatic rings. The monoisotopic (exact) mass is 1490 g/mol. The highest BCUT2D eigenvalue weighted by Gasteiger charge is 2.37. The van der Waals surface area contributed by atoms with Crippen LogP contribution >= 0.6 is 0 Å². The van der Waals surface area contributed by atoms with Gasteiger partial charge in [0.05, 0.1) is 49.0 Å². The van der Waals surface area contributed by atoms with Crippen molar-refractivity contribution in [1.82, 2.24) is 68.8 Å². The number of benzene rings is 1. The third-order valence-electron chi connectivity index (χ3n) is 15.8. The van der Waals surface area contributed by atoms with Crippen molar-refractivity contribution in [2.45, 2.75) is 158 Å². The summed E-state index contributed by atoms with van der Waals surface area (Å²) in [6.45, 7) is 3.92. The van der Waals surface area contributed by atoms with Gasteiger partial charge in [-0.1, -0.05) is 45.9 Å². The van der Waals surface area contributed by atoms with Gasteiger partial charge < -0.3 is 96.9 Å². The van der Waals surface area contributed by atoms with Crippen molar-refractivity contribution in [2.75, 3.05) is 39.3 Å². The van der Waals surface area contributed by atoms with Gasteiger partial charge in [-0.15, -0.1) is 5.11 Å². The number of nitrogens with one attached hydrogen (secondary N) is 12. The number of ketones is 1. The number of unbranched alkanes of at least 4 members (excludes halogenated alkanes) is 1. The average Bonchev–Trinajstić information content (AvgIpc) is 1.54. The molecule has 1 aromatic carbocycles. The van der Waals surface area contributed by atoms with Crippen molar-refractivity contribution in [3.63, 3.8) is 0 Å². The molecular formula is C63H91N21O20S. The number of nitrogens with zero attached hydrogens (tertiary/aromatic N) is 5. The van der Waals surface area contributed by atoms with Crippen LogP contribution in [0.25, 0.3) is 0 Å². The van der Waals surface area contributed by atoms with E-state index in [0.29, 0.717) is 0 Å². The number of aliphatic imine (C=N–C) groups is 2. The summed E-state index contributed by atoms with van der Waals surface area (Å²) < 4.78 is 33.4. The van der Waals surface area contributed by atoms with Crippen LogP contribution in [0.1, 0.15) is 121 Å². The summed E-state index contributed by atoms with van der Waals surface area (Å²) in [5.41, 5.74) is 21.0. The Bertz CT molecular complexity index is 3750. The van der Waals surface area contributed by atoms with Crippen LogP contribution < -0.4 is 86.7 Å². The van der Waals surface area contributed by atoms with E-state index in [1.165, 1.54) is 30.3 Å². The van der Waals surface area contributed by atoms with Gasteiger partial charge in [-0.2, -0.15) is 13.5 Å². The van der Waals surface area contributed by atoms with Crippen molar-refractivity contribution in [1.29, 1.82) is 0 Å². The number of pyridine rings is 1. The summed E-state index contributed by atoms with van der Waals surface area (Å²) in [5.74, 6) is -18.6. The summed E-state index contributed by atoms with van der Waals surface area (Å²) in [6.07, 6.45) is -1.58. The summed E-state index contributed by atoms with van der Waals surface area (Å²) in [6, 6.07) is -2.43. The van der Waals surface area contributed by atoms with E-state index >= 15 is 0 Å². The number of carbonyl (C=O) groups is 15. The van der Waals surface area contributed by atoms with Gasteiger partial charge in [-0.3, -0.25) is 86.5 Å². The Morgan fingerprint density at radius 1 is 0.600 bits per heavy atom. The highest BCUT2D eigenvalue weighted by atomic mass is 32.2. The third-order valence-corrected chi connectivity index (χ3v) is 16.7.